The lowest BCUT2D eigenvalue weighted by molar-refractivity contribution is -0.145. The van der Waals surface area contributed by atoms with E-state index in [4.69, 9.17) is 10.1 Å². The highest BCUT2D eigenvalue weighted by Gasteiger charge is 2.57. The van der Waals surface area contributed by atoms with Crippen molar-refractivity contribution in [1.29, 1.82) is 5.41 Å². The first-order valence-electron chi connectivity index (χ1n) is 9.18. The highest BCUT2D eigenvalue weighted by molar-refractivity contribution is 5.87. The van der Waals surface area contributed by atoms with Crippen molar-refractivity contribution in [2.75, 3.05) is 0 Å². The second-order valence-corrected chi connectivity index (χ2v) is 8.63. The minimum Gasteiger partial charge on any atom is -0.480 e. The first-order chi connectivity index (χ1) is 11.4. The molecule has 0 spiro atoms. The van der Waals surface area contributed by atoms with E-state index in [-0.39, 0.29) is 6.04 Å². The van der Waals surface area contributed by atoms with Crippen LogP contribution in [0.5, 0.6) is 5.75 Å². The van der Waals surface area contributed by atoms with Crippen LogP contribution in [0.1, 0.15) is 46.0 Å². The predicted octanol–water partition coefficient (Wildman–Crippen LogP) is 3.35. The molecule has 4 bridgehead atoms. The summed E-state index contributed by atoms with van der Waals surface area (Å²) < 4.78 is 6.02. The van der Waals surface area contributed by atoms with Crippen LogP contribution in [0, 0.1) is 23.2 Å². The van der Waals surface area contributed by atoms with Crippen LogP contribution in [0.25, 0.3) is 0 Å². The van der Waals surface area contributed by atoms with Crippen molar-refractivity contribution in [2.24, 2.45) is 17.8 Å². The molecule has 130 valence electrons. The Labute approximate surface area is 144 Å². The molecule has 0 amide bonds. The van der Waals surface area contributed by atoms with Crippen LogP contribution in [-0.4, -0.2) is 28.2 Å². The summed E-state index contributed by atoms with van der Waals surface area (Å²) in [6, 6.07) is 9.63. The van der Waals surface area contributed by atoms with E-state index in [0.29, 0.717) is 23.6 Å². The van der Waals surface area contributed by atoms with Gasteiger partial charge in [0.2, 0.25) is 0 Å². The number of benzene rings is 1. The van der Waals surface area contributed by atoms with Gasteiger partial charge in [0.1, 0.15) is 11.6 Å². The molecule has 4 nitrogen and oxygen atoms in total. The monoisotopic (exact) mass is 328 g/mol. The fraction of sp³-hybridized carbons (Fsp3) is 0.650. The van der Waals surface area contributed by atoms with E-state index >= 15 is 0 Å². The quantitative estimate of drug-likeness (QED) is 0.586. The van der Waals surface area contributed by atoms with Crippen LogP contribution in [-0.2, 0) is 0 Å². The summed E-state index contributed by atoms with van der Waals surface area (Å²) in [6.07, 6.45) is 5.48. The van der Waals surface area contributed by atoms with Crippen LogP contribution < -0.4 is 10.1 Å². The van der Waals surface area contributed by atoms with Gasteiger partial charge in [-0.25, -0.2) is 0 Å². The van der Waals surface area contributed by atoms with Crippen LogP contribution >= 0.6 is 0 Å². The minimum atomic E-state index is -0.744. The zero-order chi connectivity index (χ0) is 16.9. The van der Waals surface area contributed by atoms with Crippen molar-refractivity contribution in [3.05, 3.63) is 30.3 Å². The van der Waals surface area contributed by atoms with Crippen molar-refractivity contribution in [2.45, 2.75) is 63.2 Å². The normalized spacial score (nSPS) is 37.3. The molecule has 3 atom stereocenters. The average Bonchev–Trinajstić information content (AvgIpc) is 2.50. The Morgan fingerprint density at radius 3 is 2.38 bits per heavy atom. The van der Waals surface area contributed by atoms with E-state index in [9.17, 15) is 5.11 Å². The molecule has 0 saturated heterocycles. The Morgan fingerprint density at radius 1 is 1.17 bits per heavy atom. The van der Waals surface area contributed by atoms with Gasteiger partial charge in [-0.1, -0.05) is 18.2 Å². The lowest BCUT2D eigenvalue weighted by atomic mass is 9.52. The van der Waals surface area contributed by atoms with Gasteiger partial charge in [-0.05, 0) is 75.8 Å². The number of hydrogen-bond donors (Lipinski definition) is 3. The molecule has 24 heavy (non-hydrogen) atoms. The summed E-state index contributed by atoms with van der Waals surface area (Å²) in [5.74, 6) is 2.99. The zero-order valence-corrected chi connectivity index (χ0v) is 14.6. The topological polar surface area (TPSA) is 65.3 Å². The standard InChI is InChI=1S/C20H28N2O2/c1-19(2,24-16-6-4-3-5-7-16)18(21)22-17-15-9-13-8-14(10-15)12-20(17,23)11-13/h3-7,13-15,17,23H,8-12H2,1-2H3,(H2,21,22)/t13?,14?,15?,17-,20?/m0/s1. The Balaban J connectivity index is 1.47. The largest absolute Gasteiger partial charge is 0.480 e. The minimum absolute atomic E-state index is 0.00329. The fourth-order valence-corrected chi connectivity index (χ4v) is 5.41. The third kappa shape index (κ3) is 2.71. The van der Waals surface area contributed by atoms with Crippen LogP contribution in [0.15, 0.2) is 30.3 Å². The number of hydrogen-bond acceptors (Lipinski definition) is 3. The summed E-state index contributed by atoms with van der Waals surface area (Å²) in [5.41, 5.74) is -1.38. The van der Waals surface area contributed by atoms with Crippen LogP contribution in [0.3, 0.4) is 0 Å². The van der Waals surface area contributed by atoms with E-state index in [1.54, 1.807) is 0 Å². The number of nitrogens with one attached hydrogen (secondary N) is 2. The maximum absolute atomic E-state index is 11.2. The first-order valence-corrected chi connectivity index (χ1v) is 9.18. The van der Waals surface area contributed by atoms with E-state index in [1.165, 1.54) is 19.3 Å². The third-order valence-corrected chi connectivity index (χ3v) is 6.29. The second kappa shape index (κ2) is 5.48. The molecular formula is C20H28N2O2. The van der Waals surface area contributed by atoms with Gasteiger partial charge in [0.15, 0.2) is 5.60 Å². The van der Waals surface area contributed by atoms with Crippen molar-refractivity contribution >= 4 is 5.84 Å². The molecule has 0 heterocycles. The van der Waals surface area contributed by atoms with Gasteiger partial charge in [0, 0.05) is 0 Å². The van der Waals surface area contributed by atoms with Gasteiger partial charge in [-0.2, -0.15) is 0 Å². The maximum atomic E-state index is 11.2. The van der Waals surface area contributed by atoms with Gasteiger partial charge in [-0.15, -0.1) is 0 Å². The number of rotatable bonds is 4. The maximum Gasteiger partial charge on any atom is 0.160 e. The molecular weight excluding hydrogens is 300 g/mol. The highest BCUT2D eigenvalue weighted by Crippen LogP contribution is 2.55. The summed E-state index contributed by atoms with van der Waals surface area (Å²) >= 11 is 0. The molecule has 0 aromatic heterocycles. The number of para-hydroxylation sites is 1. The molecule has 4 fully saturated rings. The molecule has 1 aromatic rings. The van der Waals surface area contributed by atoms with Crippen molar-refractivity contribution in [3.63, 3.8) is 0 Å². The summed E-state index contributed by atoms with van der Waals surface area (Å²) in [4.78, 5) is 0. The highest BCUT2D eigenvalue weighted by atomic mass is 16.5. The number of amidine groups is 1. The van der Waals surface area contributed by atoms with E-state index in [0.717, 1.165) is 18.6 Å². The third-order valence-electron chi connectivity index (χ3n) is 6.29. The Bertz CT molecular complexity index is 614. The summed E-state index contributed by atoms with van der Waals surface area (Å²) in [5, 5.41) is 23.1. The van der Waals surface area contributed by atoms with Crippen LogP contribution in [0.4, 0.5) is 0 Å². The molecule has 4 aliphatic carbocycles. The Kier molecular flexibility index (Phi) is 3.64. The van der Waals surface area contributed by atoms with Crippen molar-refractivity contribution in [1.82, 2.24) is 5.32 Å². The van der Waals surface area contributed by atoms with Gasteiger partial charge >= 0.3 is 0 Å². The fourth-order valence-electron chi connectivity index (χ4n) is 5.41. The van der Waals surface area contributed by atoms with E-state index in [2.05, 4.69) is 5.32 Å². The van der Waals surface area contributed by atoms with Crippen molar-refractivity contribution < 1.29 is 9.84 Å². The predicted molar refractivity (Wildman–Crippen MR) is 94.3 cm³/mol. The molecule has 4 aliphatic rings. The molecule has 0 radical (unpaired) electrons. The zero-order valence-electron chi connectivity index (χ0n) is 14.6. The van der Waals surface area contributed by atoms with Gasteiger partial charge in [0.25, 0.3) is 0 Å². The molecule has 4 heteroatoms. The lowest BCUT2D eigenvalue weighted by Crippen LogP contribution is -2.67. The van der Waals surface area contributed by atoms with Crippen molar-refractivity contribution in [3.8, 4) is 5.75 Å². The Hall–Kier alpha value is -1.55. The summed E-state index contributed by atoms with van der Waals surface area (Å²) in [7, 11) is 0. The molecule has 1 aromatic carbocycles. The molecule has 2 unspecified atom stereocenters. The van der Waals surface area contributed by atoms with Gasteiger partial charge in [-0.3, -0.25) is 5.41 Å². The van der Waals surface area contributed by atoms with Gasteiger partial charge in [0.05, 0.1) is 11.6 Å². The number of ether oxygens (including phenoxy) is 1. The average molecular weight is 328 g/mol. The molecule has 4 saturated carbocycles. The van der Waals surface area contributed by atoms with E-state index in [1.807, 2.05) is 44.2 Å². The van der Waals surface area contributed by atoms with Gasteiger partial charge < -0.3 is 15.2 Å². The molecule has 0 aliphatic heterocycles. The smallest absolute Gasteiger partial charge is 0.160 e. The number of aliphatic hydroxyl groups is 1. The lowest BCUT2D eigenvalue weighted by Gasteiger charge is -2.59. The van der Waals surface area contributed by atoms with Crippen LogP contribution in [0.2, 0.25) is 0 Å². The van der Waals surface area contributed by atoms with E-state index < -0.39 is 11.2 Å². The first kappa shape index (κ1) is 15.9. The molecule has 3 N–H and O–H groups in total. The summed E-state index contributed by atoms with van der Waals surface area (Å²) in [6.45, 7) is 3.82. The Morgan fingerprint density at radius 2 is 1.79 bits per heavy atom. The second-order valence-electron chi connectivity index (χ2n) is 8.63. The SMILES string of the molecule is CC(C)(Oc1ccccc1)C(=N)N[C@H]1C2CC3CC(C2)CC1(O)C3. The molecule has 5 rings (SSSR count).